The number of nitrogens with zero attached hydrogens (tertiary/aromatic N) is 3. The Labute approximate surface area is 175 Å². The second-order valence-corrected chi connectivity index (χ2v) is 7.32. The van der Waals surface area contributed by atoms with E-state index in [0.717, 1.165) is 4.90 Å². The fourth-order valence-electron chi connectivity index (χ4n) is 3.56. The first-order valence-corrected chi connectivity index (χ1v) is 9.57. The highest BCUT2D eigenvalue weighted by Gasteiger charge is 2.49. The van der Waals surface area contributed by atoms with Crippen molar-refractivity contribution in [3.63, 3.8) is 0 Å². The Kier molecular flexibility index (Phi) is 4.35. The molecule has 158 valence electrons. The van der Waals surface area contributed by atoms with Crippen LogP contribution in [0.2, 0.25) is 0 Å². The molecule has 5 rings (SSSR count). The first kappa shape index (κ1) is 19.0. The fraction of sp³-hybridized carbons (Fsp3) is 0.238. The van der Waals surface area contributed by atoms with Gasteiger partial charge in [-0.25, -0.2) is 9.18 Å². The van der Waals surface area contributed by atoms with Crippen LogP contribution in [0.5, 0.6) is 11.5 Å². The zero-order chi connectivity index (χ0) is 21.6. The lowest BCUT2D eigenvalue weighted by Crippen LogP contribution is -2.41. The van der Waals surface area contributed by atoms with Gasteiger partial charge in [0.05, 0.1) is 0 Å². The minimum absolute atomic E-state index is 0.0780. The van der Waals surface area contributed by atoms with Crippen molar-refractivity contribution in [1.29, 1.82) is 0 Å². The molecule has 3 heterocycles. The summed E-state index contributed by atoms with van der Waals surface area (Å²) in [6, 6.07) is 10.1. The van der Waals surface area contributed by atoms with Gasteiger partial charge in [-0.1, -0.05) is 11.2 Å². The lowest BCUT2D eigenvalue weighted by molar-refractivity contribution is -0.131. The van der Waals surface area contributed by atoms with Crippen LogP contribution in [0.1, 0.15) is 18.4 Å². The Bertz CT molecular complexity index is 1180. The van der Waals surface area contributed by atoms with Crippen LogP contribution in [0.25, 0.3) is 11.4 Å². The van der Waals surface area contributed by atoms with Crippen molar-refractivity contribution < 1.29 is 28.0 Å². The number of ether oxygens (including phenoxy) is 2. The van der Waals surface area contributed by atoms with Crippen molar-refractivity contribution in [1.82, 2.24) is 20.4 Å². The number of halogens is 1. The van der Waals surface area contributed by atoms with Crippen LogP contribution < -0.4 is 14.8 Å². The third kappa shape index (κ3) is 3.25. The summed E-state index contributed by atoms with van der Waals surface area (Å²) in [4.78, 5) is 31.0. The molecule has 3 amide bonds. The molecule has 0 saturated carbocycles. The fourth-order valence-corrected chi connectivity index (χ4v) is 3.56. The highest BCUT2D eigenvalue weighted by atomic mass is 19.1. The number of carbonyl (C=O) groups excluding carboxylic acids is 2. The predicted molar refractivity (Wildman–Crippen MR) is 104 cm³/mol. The molecular weight excluding hydrogens is 407 g/mol. The van der Waals surface area contributed by atoms with E-state index in [9.17, 15) is 14.0 Å². The van der Waals surface area contributed by atoms with Crippen molar-refractivity contribution in [2.45, 2.75) is 19.0 Å². The number of aromatic nitrogens is 2. The number of rotatable bonds is 4. The van der Waals surface area contributed by atoms with Crippen molar-refractivity contribution in [3.8, 4) is 22.9 Å². The molecule has 1 fully saturated rings. The third-order valence-corrected chi connectivity index (χ3v) is 5.26. The SMILES string of the molecule is C[C@]1(c2ccc3c(c2)OCCO3)NC(=O)N(Cc2nc(-c3ccc(F)cc3)no2)C1=O. The van der Waals surface area contributed by atoms with Crippen molar-refractivity contribution >= 4 is 11.9 Å². The number of fused-ring (bicyclic) bond motifs is 1. The average Bonchev–Trinajstić information content (AvgIpc) is 3.33. The van der Waals surface area contributed by atoms with E-state index >= 15 is 0 Å². The molecule has 1 aromatic heterocycles. The molecule has 0 aliphatic carbocycles. The van der Waals surface area contributed by atoms with E-state index in [0.29, 0.717) is 35.8 Å². The van der Waals surface area contributed by atoms with Crippen LogP contribution in [0.15, 0.2) is 47.0 Å². The normalized spacial score (nSPS) is 20.1. The number of hydrogen-bond donors (Lipinski definition) is 1. The van der Waals surface area contributed by atoms with E-state index in [2.05, 4.69) is 15.5 Å². The number of hydrogen-bond acceptors (Lipinski definition) is 7. The molecule has 3 aromatic rings. The highest BCUT2D eigenvalue weighted by molar-refractivity contribution is 6.07. The first-order valence-electron chi connectivity index (χ1n) is 9.57. The maximum absolute atomic E-state index is 13.2. The number of imide groups is 1. The van der Waals surface area contributed by atoms with Gasteiger partial charge in [0, 0.05) is 5.56 Å². The lowest BCUT2D eigenvalue weighted by Gasteiger charge is -2.25. The minimum Gasteiger partial charge on any atom is -0.486 e. The molecular formula is C21H17FN4O5. The van der Waals surface area contributed by atoms with Gasteiger partial charge in [-0.3, -0.25) is 9.69 Å². The van der Waals surface area contributed by atoms with E-state index in [4.69, 9.17) is 14.0 Å². The second-order valence-electron chi connectivity index (χ2n) is 7.32. The Hall–Kier alpha value is -3.95. The largest absolute Gasteiger partial charge is 0.486 e. The molecule has 1 saturated heterocycles. The minimum atomic E-state index is -1.28. The Morgan fingerprint density at radius 2 is 1.84 bits per heavy atom. The van der Waals surface area contributed by atoms with Crippen LogP contribution in [0, 0.1) is 5.82 Å². The van der Waals surface area contributed by atoms with Gasteiger partial charge in [0.15, 0.2) is 11.5 Å². The van der Waals surface area contributed by atoms with E-state index < -0.39 is 17.5 Å². The van der Waals surface area contributed by atoms with E-state index in [-0.39, 0.29) is 24.1 Å². The summed E-state index contributed by atoms with van der Waals surface area (Å²) in [7, 11) is 0. The summed E-state index contributed by atoms with van der Waals surface area (Å²) in [5.74, 6) is 0.574. The Morgan fingerprint density at radius 1 is 1.10 bits per heavy atom. The monoisotopic (exact) mass is 424 g/mol. The molecule has 2 aliphatic heterocycles. The van der Waals surface area contributed by atoms with Gasteiger partial charge >= 0.3 is 6.03 Å². The number of amides is 3. The molecule has 9 nitrogen and oxygen atoms in total. The summed E-state index contributed by atoms with van der Waals surface area (Å²) in [5, 5.41) is 6.57. The summed E-state index contributed by atoms with van der Waals surface area (Å²) < 4.78 is 29.4. The number of benzene rings is 2. The highest BCUT2D eigenvalue weighted by Crippen LogP contribution is 2.37. The van der Waals surface area contributed by atoms with Crippen molar-refractivity contribution in [3.05, 3.63) is 59.7 Å². The predicted octanol–water partition coefficient (Wildman–Crippen LogP) is 2.61. The Balaban J connectivity index is 1.37. The van der Waals surface area contributed by atoms with Gasteiger partial charge in [-0.05, 0) is 48.9 Å². The molecule has 0 unspecified atom stereocenters. The van der Waals surface area contributed by atoms with Crippen LogP contribution in [-0.4, -0.2) is 40.2 Å². The molecule has 0 spiro atoms. The van der Waals surface area contributed by atoms with Crippen LogP contribution in [0.3, 0.4) is 0 Å². The summed E-state index contributed by atoms with van der Waals surface area (Å²) in [6.45, 7) is 2.29. The molecule has 10 heteroatoms. The lowest BCUT2D eigenvalue weighted by atomic mass is 9.91. The van der Waals surface area contributed by atoms with Crippen LogP contribution in [-0.2, 0) is 16.9 Å². The summed E-state index contributed by atoms with van der Waals surface area (Å²) in [5.41, 5.74) is -0.169. The zero-order valence-electron chi connectivity index (χ0n) is 16.4. The zero-order valence-corrected chi connectivity index (χ0v) is 16.4. The van der Waals surface area contributed by atoms with E-state index in [1.807, 2.05) is 0 Å². The third-order valence-electron chi connectivity index (χ3n) is 5.26. The standard InChI is InChI=1S/C21H17FN4O5/c1-21(13-4-7-15-16(10-13)30-9-8-29-15)19(27)26(20(28)24-21)11-17-23-18(25-31-17)12-2-5-14(22)6-3-12/h2-7,10H,8-9,11H2,1H3,(H,24,28)/t21-/m1/s1. The molecule has 0 radical (unpaired) electrons. The molecule has 1 atom stereocenters. The van der Waals surface area contributed by atoms with Crippen molar-refractivity contribution in [2.24, 2.45) is 0 Å². The quantitative estimate of drug-likeness (QED) is 0.642. The maximum Gasteiger partial charge on any atom is 0.325 e. The van der Waals surface area contributed by atoms with Gasteiger partial charge < -0.3 is 19.3 Å². The summed E-state index contributed by atoms with van der Waals surface area (Å²) >= 11 is 0. The van der Waals surface area contributed by atoms with Gasteiger partial charge in [0.25, 0.3) is 5.91 Å². The van der Waals surface area contributed by atoms with Crippen LogP contribution in [0.4, 0.5) is 9.18 Å². The van der Waals surface area contributed by atoms with Gasteiger partial charge in [0.1, 0.15) is 31.1 Å². The molecule has 2 aromatic carbocycles. The number of nitrogens with one attached hydrogen (secondary N) is 1. The molecule has 2 aliphatic rings. The smallest absolute Gasteiger partial charge is 0.325 e. The van der Waals surface area contributed by atoms with Gasteiger partial charge in [-0.15, -0.1) is 0 Å². The molecule has 1 N–H and O–H groups in total. The average molecular weight is 424 g/mol. The van der Waals surface area contributed by atoms with E-state index in [1.54, 1.807) is 25.1 Å². The topological polar surface area (TPSA) is 107 Å². The van der Waals surface area contributed by atoms with Crippen LogP contribution >= 0.6 is 0 Å². The number of carbonyl (C=O) groups is 2. The maximum atomic E-state index is 13.2. The second kappa shape index (κ2) is 7.08. The number of urea groups is 1. The van der Waals surface area contributed by atoms with E-state index in [1.165, 1.54) is 24.3 Å². The Morgan fingerprint density at radius 3 is 2.61 bits per heavy atom. The first-order chi connectivity index (χ1) is 14.9. The molecule has 31 heavy (non-hydrogen) atoms. The summed E-state index contributed by atoms with van der Waals surface area (Å²) in [6.07, 6.45) is 0. The van der Waals surface area contributed by atoms with Gasteiger partial charge in [0.2, 0.25) is 11.7 Å². The molecule has 0 bridgehead atoms. The van der Waals surface area contributed by atoms with Crippen molar-refractivity contribution in [2.75, 3.05) is 13.2 Å². The van der Waals surface area contributed by atoms with Gasteiger partial charge in [-0.2, -0.15) is 4.98 Å².